The van der Waals surface area contributed by atoms with Crippen molar-refractivity contribution >= 4 is 51.9 Å². The summed E-state index contributed by atoms with van der Waals surface area (Å²) in [5.74, 6) is -0.984. The lowest BCUT2D eigenvalue weighted by molar-refractivity contribution is -0.394. The van der Waals surface area contributed by atoms with Gasteiger partial charge >= 0.3 is 0 Å². The average molecular weight is 417 g/mol. The summed E-state index contributed by atoms with van der Waals surface area (Å²) in [5.41, 5.74) is -0.293. The molecule has 0 fully saturated rings. The molecular weight excluding hydrogens is 402 g/mol. The largest absolute Gasteiger partial charge is 0.332 e. The molecule has 11 nitrogen and oxygen atoms in total. The molecular formula is C17H15N5O6S. The molecule has 29 heavy (non-hydrogen) atoms. The molecule has 0 aliphatic heterocycles. The van der Waals surface area contributed by atoms with Crippen LogP contribution in [0.2, 0.25) is 0 Å². The summed E-state index contributed by atoms with van der Waals surface area (Å²) in [5, 5.41) is 26.8. The lowest BCUT2D eigenvalue weighted by Gasteiger charge is -2.16. The number of nitrogens with zero attached hydrogens (tertiary/aromatic N) is 3. The van der Waals surface area contributed by atoms with Crippen LogP contribution >= 0.6 is 12.2 Å². The van der Waals surface area contributed by atoms with Gasteiger partial charge in [0.1, 0.15) is 0 Å². The van der Waals surface area contributed by atoms with E-state index in [2.05, 4.69) is 10.6 Å². The van der Waals surface area contributed by atoms with Crippen molar-refractivity contribution in [3.63, 3.8) is 0 Å². The summed E-state index contributed by atoms with van der Waals surface area (Å²) >= 11 is 5.03. The Morgan fingerprint density at radius 3 is 1.97 bits per heavy atom. The number of nitrogens with one attached hydrogen (secondary N) is 2. The molecule has 2 aromatic carbocycles. The lowest BCUT2D eigenvalue weighted by Crippen LogP contribution is -2.34. The molecule has 0 saturated carbocycles. The van der Waals surface area contributed by atoms with Crippen LogP contribution in [0.1, 0.15) is 17.3 Å². The molecule has 2 rings (SSSR count). The van der Waals surface area contributed by atoms with Gasteiger partial charge in [0.15, 0.2) is 5.11 Å². The Morgan fingerprint density at radius 1 is 1.00 bits per heavy atom. The molecule has 0 aromatic heterocycles. The van der Waals surface area contributed by atoms with Gasteiger partial charge < -0.3 is 10.2 Å². The van der Waals surface area contributed by atoms with Crippen molar-refractivity contribution in [3.8, 4) is 0 Å². The van der Waals surface area contributed by atoms with E-state index in [4.69, 9.17) is 12.2 Å². The van der Waals surface area contributed by atoms with E-state index in [-0.39, 0.29) is 16.6 Å². The van der Waals surface area contributed by atoms with Gasteiger partial charge in [0.2, 0.25) is 5.91 Å². The van der Waals surface area contributed by atoms with Crippen LogP contribution in [0.4, 0.5) is 22.7 Å². The lowest BCUT2D eigenvalue weighted by atomic mass is 10.1. The van der Waals surface area contributed by atoms with E-state index in [1.54, 1.807) is 31.3 Å². The Bertz CT molecular complexity index is 976. The topological polar surface area (TPSA) is 148 Å². The minimum Gasteiger partial charge on any atom is -0.332 e. The van der Waals surface area contributed by atoms with Gasteiger partial charge in [-0.1, -0.05) is 0 Å². The number of hydrogen-bond acceptors (Lipinski definition) is 7. The second-order valence-electron chi connectivity index (χ2n) is 5.79. The fourth-order valence-electron chi connectivity index (χ4n) is 2.22. The van der Waals surface area contributed by atoms with E-state index in [9.17, 15) is 29.8 Å². The molecule has 0 bridgehead atoms. The molecule has 0 aliphatic rings. The van der Waals surface area contributed by atoms with Crippen LogP contribution < -0.4 is 15.5 Å². The molecule has 0 spiro atoms. The third-order valence-electron chi connectivity index (χ3n) is 3.80. The van der Waals surface area contributed by atoms with Gasteiger partial charge in [-0.25, -0.2) is 0 Å². The summed E-state index contributed by atoms with van der Waals surface area (Å²) in [7, 11) is 1.62. The summed E-state index contributed by atoms with van der Waals surface area (Å²) in [6.45, 7) is 1.43. The van der Waals surface area contributed by atoms with E-state index >= 15 is 0 Å². The highest BCUT2D eigenvalue weighted by Gasteiger charge is 2.20. The van der Waals surface area contributed by atoms with Crippen LogP contribution in [0.5, 0.6) is 0 Å². The first-order valence-corrected chi connectivity index (χ1v) is 8.40. The highest BCUT2D eigenvalue weighted by atomic mass is 32.1. The number of rotatable bonds is 5. The zero-order valence-corrected chi connectivity index (χ0v) is 16.1. The normalized spacial score (nSPS) is 10.0. The number of thiocarbonyl (C=S) groups is 1. The van der Waals surface area contributed by atoms with E-state index in [0.717, 1.165) is 18.2 Å². The molecule has 2 N–H and O–H groups in total. The van der Waals surface area contributed by atoms with Crippen LogP contribution in [-0.4, -0.2) is 33.8 Å². The zero-order valence-electron chi connectivity index (χ0n) is 15.2. The van der Waals surface area contributed by atoms with Crippen molar-refractivity contribution in [1.82, 2.24) is 5.32 Å². The van der Waals surface area contributed by atoms with Gasteiger partial charge in [-0.05, 0) is 36.5 Å². The van der Waals surface area contributed by atoms with Crippen LogP contribution in [0.15, 0.2) is 42.5 Å². The number of amides is 2. The van der Waals surface area contributed by atoms with Crippen LogP contribution in [-0.2, 0) is 4.79 Å². The van der Waals surface area contributed by atoms with E-state index in [0.29, 0.717) is 11.4 Å². The number of non-ortho nitro benzene ring substituents is 2. The Morgan fingerprint density at radius 2 is 1.52 bits per heavy atom. The van der Waals surface area contributed by atoms with Crippen molar-refractivity contribution in [3.05, 3.63) is 68.3 Å². The standard InChI is InChI=1S/C17H15N5O6S/c1-10(23)20(2)13-5-3-12(4-6-13)18-17(29)19-16(24)11-7-14(21(25)26)9-15(8-11)22(27)28/h3-9H,1-2H3,(H2,18,19,24,29). The van der Waals surface area contributed by atoms with Crippen molar-refractivity contribution in [2.75, 3.05) is 17.3 Å². The maximum Gasteiger partial charge on any atom is 0.277 e. The Hall–Kier alpha value is -3.93. The van der Waals surface area contributed by atoms with Crippen molar-refractivity contribution in [1.29, 1.82) is 0 Å². The SMILES string of the molecule is CC(=O)N(C)c1ccc(NC(=S)NC(=O)c2cc([N+](=O)[O-])cc([N+](=O)[O-])c2)cc1. The number of benzene rings is 2. The summed E-state index contributed by atoms with van der Waals surface area (Å²) < 4.78 is 0. The fraction of sp³-hybridized carbons (Fsp3) is 0.118. The average Bonchev–Trinajstić information content (AvgIpc) is 2.67. The number of carbonyl (C=O) groups excluding carboxylic acids is 2. The highest BCUT2D eigenvalue weighted by Crippen LogP contribution is 2.23. The molecule has 12 heteroatoms. The van der Waals surface area contributed by atoms with Crippen molar-refractivity contribution < 1.29 is 19.4 Å². The maximum absolute atomic E-state index is 12.3. The first kappa shape index (κ1) is 21.4. The number of hydrogen-bond donors (Lipinski definition) is 2. The van der Waals surface area contributed by atoms with Crippen molar-refractivity contribution in [2.45, 2.75) is 6.92 Å². The summed E-state index contributed by atoms with van der Waals surface area (Å²) in [4.78, 5) is 45.3. The number of carbonyl (C=O) groups is 2. The summed E-state index contributed by atoms with van der Waals surface area (Å²) in [6.07, 6.45) is 0. The number of nitro groups is 2. The monoisotopic (exact) mass is 417 g/mol. The van der Waals surface area contributed by atoms with E-state index in [1.165, 1.54) is 11.8 Å². The molecule has 2 amide bonds. The smallest absolute Gasteiger partial charge is 0.277 e. The molecule has 0 aliphatic carbocycles. The van der Waals surface area contributed by atoms with Gasteiger partial charge in [-0.15, -0.1) is 0 Å². The second kappa shape index (κ2) is 8.84. The van der Waals surface area contributed by atoms with Crippen LogP contribution in [0, 0.1) is 20.2 Å². The van der Waals surface area contributed by atoms with Gasteiger partial charge in [-0.2, -0.15) is 0 Å². The van der Waals surface area contributed by atoms with E-state index < -0.39 is 27.1 Å². The molecule has 0 radical (unpaired) electrons. The Kier molecular flexibility index (Phi) is 6.51. The third kappa shape index (κ3) is 5.52. The minimum absolute atomic E-state index is 0.114. The molecule has 150 valence electrons. The molecule has 0 saturated heterocycles. The first-order chi connectivity index (χ1) is 13.6. The van der Waals surface area contributed by atoms with Gasteiger partial charge in [0, 0.05) is 37.5 Å². The van der Waals surface area contributed by atoms with Gasteiger partial charge in [0.05, 0.1) is 21.5 Å². The zero-order chi connectivity index (χ0) is 21.7. The maximum atomic E-state index is 12.3. The predicted molar refractivity (Wildman–Crippen MR) is 109 cm³/mol. The van der Waals surface area contributed by atoms with E-state index in [1.807, 2.05) is 0 Å². The predicted octanol–water partition coefficient (Wildman–Crippen LogP) is 2.61. The molecule has 2 aromatic rings. The van der Waals surface area contributed by atoms with Gasteiger partial charge in [0.25, 0.3) is 17.3 Å². The first-order valence-electron chi connectivity index (χ1n) is 7.99. The van der Waals surface area contributed by atoms with Crippen molar-refractivity contribution in [2.24, 2.45) is 0 Å². The third-order valence-corrected chi connectivity index (χ3v) is 4.00. The Labute approximate surface area is 169 Å². The molecule has 0 atom stereocenters. The number of anilines is 2. The second-order valence-corrected chi connectivity index (χ2v) is 6.19. The quantitative estimate of drug-likeness (QED) is 0.428. The molecule has 0 unspecified atom stereocenters. The Balaban J connectivity index is 2.11. The fourth-order valence-corrected chi connectivity index (χ4v) is 2.44. The number of nitro benzene ring substituents is 2. The van der Waals surface area contributed by atoms with Crippen LogP contribution in [0.25, 0.3) is 0 Å². The molecule has 0 heterocycles. The van der Waals surface area contributed by atoms with Gasteiger partial charge in [-0.3, -0.25) is 35.1 Å². The highest BCUT2D eigenvalue weighted by molar-refractivity contribution is 7.80. The summed E-state index contributed by atoms with van der Waals surface area (Å²) in [6, 6.07) is 9.18. The van der Waals surface area contributed by atoms with Crippen LogP contribution in [0.3, 0.4) is 0 Å². The minimum atomic E-state index is -0.845.